The van der Waals surface area contributed by atoms with Gasteiger partial charge in [-0.05, 0) is 38.0 Å². The molecule has 0 aromatic heterocycles. The van der Waals surface area contributed by atoms with Crippen molar-refractivity contribution in [3.63, 3.8) is 0 Å². The van der Waals surface area contributed by atoms with E-state index in [4.69, 9.17) is 4.74 Å². The van der Waals surface area contributed by atoms with Crippen LogP contribution in [0.1, 0.15) is 38.8 Å². The highest BCUT2D eigenvalue weighted by molar-refractivity contribution is 5.88. The van der Waals surface area contributed by atoms with Crippen molar-refractivity contribution in [2.45, 2.75) is 45.3 Å². The molecule has 0 bridgehead atoms. The van der Waals surface area contributed by atoms with E-state index < -0.39 is 0 Å². The van der Waals surface area contributed by atoms with Crippen LogP contribution in [-0.2, 0) is 9.53 Å². The number of rotatable bonds is 6. The highest BCUT2D eigenvalue weighted by Gasteiger charge is 2.17. The average Bonchev–Trinajstić information content (AvgIpc) is 2.47. The summed E-state index contributed by atoms with van der Waals surface area (Å²) in [6.45, 7) is 8.41. The van der Waals surface area contributed by atoms with Gasteiger partial charge in [0.1, 0.15) is 0 Å². The van der Waals surface area contributed by atoms with Crippen molar-refractivity contribution in [1.82, 2.24) is 10.6 Å². The minimum atomic E-state index is -0.0468. The fraction of sp³-hybridized carbons (Fsp3) is 0.588. The van der Waals surface area contributed by atoms with Gasteiger partial charge in [-0.2, -0.15) is 0 Å². The summed E-state index contributed by atoms with van der Waals surface area (Å²) in [6, 6.07) is 9.02. The van der Waals surface area contributed by atoms with Crippen molar-refractivity contribution in [3.05, 3.63) is 29.8 Å². The zero-order valence-corrected chi connectivity index (χ0v) is 13.7. The van der Waals surface area contributed by atoms with E-state index in [1.165, 1.54) is 12.5 Å². The lowest BCUT2D eigenvalue weighted by Gasteiger charge is -2.28. The molecule has 122 valence electrons. The predicted molar refractivity (Wildman–Crippen MR) is 89.0 cm³/mol. The summed E-state index contributed by atoms with van der Waals surface area (Å²) in [5.74, 6) is -0.0468. The second-order valence-corrected chi connectivity index (χ2v) is 6.06. The summed E-state index contributed by atoms with van der Waals surface area (Å²) in [6.07, 6.45) is 1.04. The Hall–Kier alpha value is -1.43. The maximum Gasteiger partial charge on any atom is 0.221 e. The Labute approximate surface area is 132 Å². The van der Waals surface area contributed by atoms with E-state index in [0.29, 0.717) is 12.1 Å². The molecule has 0 saturated carbocycles. The summed E-state index contributed by atoms with van der Waals surface area (Å²) in [5, 5.41) is 9.92. The quantitative estimate of drug-likeness (QED) is 0.753. The molecule has 1 saturated heterocycles. The van der Waals surface area contributed by atoms with Gasteiger partial charge in [0.15, 0.2) is 0 Å². The van der Waals surface area contributed by atoms with Crippen LogP contribution in [0.4, 0.5) is 5.69 Å². The zero-order chi connectivity index (χ0) is 15.9. The Morgan fingerprint density at radius 3 is 2.95 bits per heavy atom. The summed E-state index contributed by atoms with van der Waals surface area (Å²) in [4.78, 5) is 11.1. The van der Waals surface area contributed by atoms with Gasteiger partial charge in [0.05, 0.1) is 13.2 Å². The van der Waals surface area contributed by atoms with Crippen molar-refractivity contribution in [3.8, 4) is 0 Å². The van der Waals surface area contributed by atoms with Crippen LogP contribution >= 0.6 is 0 Å². The molecule has 0 aliphatic carbocycles. The van der Waals surface area contributed by atoms with Gasteiger partial charge >= 0.3 is 0 Å². The first-order valence-electron chi connectivity index (χ1n) is 7.99. The van der Waals surface area contributed by atoms with E-state index in [2.05, 4.69) is 35.9 Å². The number of ether oxygens (including phenoxy) is 1. The van der Waals surface area contributed by atoms with Crippen LogP contribution in [0.15, 0.2) is 24.3 Å². The first kappa shape index (κ1) is 16.9. The van der Waals surface area contributed by atoms with E-state index in [0.717, 1.165) is 31.9 Å². The highest BCUT2D eigenvalue weighted by atomic mass is 16.5. The molecule has 0 radical (unpaired) electrons. The summed E-state index contributed by atoms with van der Waals surface area (Å²) >= 11 is 0. The molecule has 22 heavy (non-hydrogen) atoms. The van der Waals surface area contributed by atoms with E-state index in [1.54, 1.807) is 0 Å². The maximum atomic E-state index is 11.1. The van der Waals surface area contributed by atoms with Crippen molar-refractivity contribution in [1.29, 1.82) is 0 Å². The van der Waals surface area contributed by atoms with Crippen molar-refractivity contribution in [2.24, 2.45) is 0 Å². The van der Waals surface area contributed by atoms with E-state index in [-0.39, 0.29) is 11.9 Å². The third-order valence-electron chi connectivity index (χ3n) is 3.88. The lowest BCUT2D eigenvalue weighted by molar-refractivity contribution is -0.114. The predicted octanol–water partition coefficient (Wildman–Crippen LogP) is 2.06. The number of benzene rings is 1. The van der Waals surface area contributed by atoms with E-state index in [1.807, 2.05) is 18.2 Å². The number of nitrogens with one attached hydrogen (secondary N) is 3. The molecule has 1 aromatic carbocycles. The third-order valence-corrected chi connectivity index (χ3v) is 3.88. The van der Waals surface area contributed by atoms with Gasteiger partial charge in [-0.25, -0.2) is 0 Å². The van der Waals surface area contributed by atoms with Crippen molar-refractivity contribution < 1.29 is 9.53 Å². The maximum absolute atomic E-state index is 11.1. The number of anilines is 1. The number of carbonyl (C=O) groups is 1. The lowest BCUT2D eigenvalue weighted by Crippen LogP contribution is -2.45. The largest absolute Gasteiger partial charge is 0.379 e. The number of hydrogen-bond donors (Lipinski definition) is 3. The van der Waals surface area contributed by atoms with Gasteiger partial charge in [0.25, 0.3) is 0 Å². The molecule has 0 spiro atoms. The molecule has 1 heterocycles. The standard InChI is InChI=1S/C17H27N3O2/c1-12(9-17-11-22-8-7-18-17)19-13(2)15-5-4-6-16(10-15)20-14(3)21/h4-6,10,12-13,17-19H,7-9,11H2,1-3H3,(H,20,21). The monoisotopic (exact) mass is 305 g/mol. The Kier molecular flexibility index (Phi) is 6.36. The minimum absolute atomic E-state index is 0.0468. The van der Waals surface area contributed by atoms with Gasteiger partial charge in [-0.3, -0.25) is 4.79 Å². The number of carbonyl (C=O) groups excluding carboxylic acids is 1. The second kappa shape index (κ2) is 8.27. The molecule has 5 heteroatoms. The van der Waals surface area contributed by atoms with Crippen molar-refractivity contribution in [2.75, 3.05) is 25.1 Å². The molecular formula is C17H27N3O2. The fourth-order valence-corrected chi connectivity index (χ4v) is 2.88. The van der Waals surface area contributed by atoms with Crippen LogP contribution in [0.5, 0.6) is 0 Å². The van der Waals surface area contributed by atoms with Crippen molar-refractivity contribution >= 4 is 11.6 Å². The molecule has 3 unspecified atom stereocenters. The number of hydrogen-bond acceptors (Lipinski definition) is 4. The Bertz CT molecular complexity index is 487. The average molecular weight is 305 g/mol. The van der Waals surface area contributed by atoms with Gasteiger partial charge in [-0.1, -0.05) is 12.1 Å². The molecule has 1 aromatic rings. The van der Waals surface area contributed by atoms with Gasteiger partial charge in [0, 0.05) is 37.3 Å². The van der Waals surface area contributed by atoms with Crippen LogP contribution in [-0.4, -0.2) is 37.7 Å². The Balaban J connectivity index is 1.87. The van der Waals surface area contributed by atoms with Crippen LogP contribution in [0.3, 0.4) is 0 Å². The Morgan fingerprint density at radius 2 is 2.27 bits per heavy atom. The number of morpholine rings is 1. The van der Waals surface area contributed by atoms with E-state index in [9.17, 15) is 4.79 Å². The summed E-state index contributed by atoms with van der Waals surface area (Å²) < 4.78 is 5.49. The molecule has 2 rings (SSSR count). The highest BCUT2D eigenvalue weighted by Crippen LogP contribution is 2.18. The third kappa shape index (κ3) is 5.40. The molecule has 1 aliphatic heterocycles. The van der Waals surface area contributed by atoms with Gasteiger partial charge < -0.3 is 20.7 Å². The molecular weight excluding hydrogens is 278 g/mol. The van der Waals surface area contributed by atoms with Crippen LogP contribution in [0.25, 0.3) is 0 Å². The summed E-state index contributed by atoms with van der Waals surface area (Å²) in [5.41, 5.74) is 2.01. The first-order valence-corrected chi connectivity index (χ1v) is 7.99. The molecule has 3 N–H and O–H groups in total. The molecule has 1 aliphatic rings. The van der Waals surface area contributed by atoms with Gasteiger partial charge in [-0.15, -0.1) is 0 Å². The molecule has 1 fully saturated rings. The minimum Gasteiger partial charge on any atom is -0.379 e. The number of amides is 1. The lowest BCUT2D eigenvalue weighted by atomic mass is 10.0. The summed E-state index contributed by atoms with van der Waals surface area (Å²) in [7, 11) is 0. The van der Waals surface area contributed by atoms with Crippen LogP contribution in [0.2, 0.25) is 0 Å². The van der Waals surface area contributed by atoms with Crippen LogP contribution in [0, 0.1) is 0 Å². The SMILES string of the molecule is CC(=O)Nc1cccc(C(C)NC(C)CC2COCCN2)c1. The second-order valence-electron chi connectivity index (χ2n) is 6.06. The topological polar surface area (TPSA) is 62.4 Å². The fourth-order valence-electron chi connectivity index (χ4n) is 2.88. The molecule has 5 nitrogen and oxygen atoms in total. The smallest absolute Gasteiger partial charge is 0.221 e. The Morgan fingerprint density at radius 1 is 1.45 bits per heavy atom. The van der Waals surface area contributed by atoms with E-state index >= 15 is 0 Å². The van der Waals surface area contributed by atoms with Crippen LogP contribution < -0.4 is 16.0 Å². The molecule has 1 amide bonds. The van der Waals surface area contributed by atoms with Gasteiger partial charge in [0.2, 0.25) is 5.91 Å². The normalized spacial score (nSPS) is 21.1. The zero-order valence-electron chi connectivity index (χ0n) is 13.7. The molecule has 3 atom stereocenters. The first-order chi connectivity index (χ1) is 10.5.